The van der Waals surface area contributed by atoms with Crippen LogP contribution in [0.3, 0.4) is 0 Å². The number of allylic oxidation sites excluding steroid dienone is 2. The zero-order valence-corrected chi connectivity index (χ0v) is 12.0. The highest BCUT2D eigenvalue weighted by Crippen LogP contribution is 2.81. The molecule has 0 spiro atoms. The average Bonchev–Trinajstić information content (AvgIpc) is 2.09. The van der Waals surface area contributed by atoms with E-state index in [0.29, 0.717) is 19.3 Å². The molecule has 3 heteroatoms. The van der Waals surface area contributed by atoms with Crippen molar-refractivity contribution >= 4 is 6.29 Å². The third-order valence-electron chi connectivity index (χ3n) is 5.86. The molecular formula is C16H22F2O. The molecule has 3 saturated carbocycles. The highest BCUT2D eigenvalue weighted by Gasteiger charge is 2.76. The monoisotopic (exact) mass is 268 g/mol. The van der Waals surface area contributed by atoms with Gasteiger partial charge < -0.3 is 0 Å². The van der Waals surface area contributed by atoms with Crippen molar-refractivity contribution in [2.24, 2.45) is 16.2 Å². The molecule has 1 nitrogen and oxygen atoms in total. The van der Waals surface area contributed by atoms with E-state index in [0.717, 1.165) is 38.0 Å². The van der Waals surface area contributed by atoms with Crippen LogP contribution in [-0.2, 0) is 4.79 Å². The molecule has 0 heterocycles. The van der Waals surface area contributed by atoms with Crippen molar-refractivity contribution in [1.29, 1.82) is 0 Å². The van der Waals surface area contributed by atoms with Crippen LogP contribution < -0.4 is 0 Å². The fraction of sp³-hybridized carbons (Fsp3) is 0.812. The molecule has 0 aromatic heterocycles. The van der Waals surface area contributed by atoms with Crippen molar-refractivity contribution in [2.75, 3.05) is 0 Å². The van der Waals surface area contributed by atoms with Gasteiger partial charge in [-0.15, -0.1) is 0 Å². The van der Waals surface area contributed by atoms with E-state index in [1.807, 2.05) is 0 Å². The fourth-order valence-electron chi connectivity index (χ4n) is 4.54. The van der Waals surface area contributed by atoms with Gasteiger partial charge in [-0.3, -0.25) is 4.79 Å². The first-order valence-corrected chi connectivity index (χ1v) is 7.19. The molecule has 4 rings (SSSR count). The number of hydrogen-bond acceptors (Lipinski definition) is 1. The molecular weight excluding hydrogens is 246 g/mol. The summed E-state index contributed by atoms with van der Waals surface area (Å²) in [4.78, 5) is 11.3. The van der Waals surface area contributed by atoms with Gasteiger partial charge in [0.2, 0.25) is 0 Å². The van der Waals surface area contributed by atoms with Gasteiger partial charge in [0, 0.05) is 5.41 Å². The Morgan fingerprint density at radius 2 is 1.79 bits per heavy atom. The average molecular weight is 268 g/mol. The molecule has 0 aliphatic heterocycles. The number of carbonyl (C=O) groups excluding carboxylic acids is 1. The maximum absolute atomic E-state index is 13.6. The van der Waals surface area contributed by atoms with Crippen LogP contribution in [0.2, 0.25) is 0 Å². The fourth-order valence-corrected chi connectivity index (χ4v) is 4.54. The maximum Gasteiger partial charge on any atom is 0.251 e. The second-order valence-electron chi connectivity index (χ2n) is 7.94. The van der Waals surface area contributed by atoms with E-state index < -0.39 is 11.3 Å². The van der Waals surface area contributed by atoms with E-state index in [1.165, 1.54) is 5.57 Å². The van der Waals surface area contributed by atoms with Crippen molar-refractivity contribution in [1.82, 2.24) is 0 Å². The molecule has 4 aliphatic carbocycles. The Hall–Kier alpha value is -0.730. The minimum Gasteiger partial charge on any atom is -0.298 e. The number of carbonyl (C=O) groups is 1. The molecule has 0 aromatic carbocycles. The first-order chi connectivity index (χ1) is 8.63. The Labute approximate surface area is 113 Å². The zero-order chi connectivity index (χ0) is 14.1. The summed E-state index contributed by atoms with van der Waals surface area (Å²) in [5.74, 6) is -2.57. The summed E-state index contributed by atoms with van der Waals surface area (Å²) in [6.45, 7) is 5.48. The SMILES string of the molecule is CC1(C)CCC(C=O)=C(C23CC(C(C)(F)F)(C2)C3)C1. The lowest BCUT2D eigenvalue weighted by atomic mass is 9.30. The smallest absolute Gasteiger partial charge is 0.251 e. The highest BCUT2D eigenvalue weighted by atomic mass is 19.3. The van der Waals surface area contributed by atoms with Gasteiger partial charge in [-0.2, -0.15) is 0 Å². The second-order valence-corrected chi connectivity index (χ2v) is 7.94. The first-order valence-electron chi connectivity index (χ1n) is 7.19. The third-order valence-corrected chi connectivity index (χ3v) is 5.86. The van der Waals surface area contributed by atoms with Crippen LogP contribution in [-0.4, -0.2) is 12.2 Å². The van der Waals surface area contributed by atoms with E-state index in [2.05, 4.69) is 13.8 Å². The molecule has 2 bridgehead atoms. The summed E-state index contributed by atoms with van der Waals surface area (Å²) in [5, 5.41) is 0. The molecule has 0 aromatic rings. The minimum absolute atomic E-state index is 0.0482. The van der Waals surface area contributed by atoms with E-state index in [4.69, 9.17) is 0 Å². The molecule has 0 amide bonds. The van der Waals surface area contributed by atoms with Gasteiger partial charge in [-0.1, -0.05) is 19.4 Å². The molecule has 0 radical (unpaired) electrons. The van der Waals surface area contributed by atoms with Gasteiger partial charge in [-0.05, 0) is 61.9 Å². The zero-order valence-electron chi connectivity index (χ0n) is 12.0. The predicted octanol–water partition coefficient (Wildman–Crippen LogP) is 4.52. The Kier molecular flexibility index (Phi) is 2.43. The number of rotatable bonds is 3. The minimum atomic E-state index is -2.57. The number of aldehydes is 1. The molecule has 0 saturated heterocycles. The molecule has 19 heavy (non-hydrogen) atoms. The van der Waals surface area contributed by atoms with E-state index >= 15 is 0 Å². The molecule has 0 N–H and O–H groups in total. The van der Waals surface area contributed by atoms with Gasteiger partial charge >= 0.3 is 0 Å². The van der Waals surface area contributed by atoms with E-state index in [-0.39, 0.29) is 10.8 Å². The molecule has 4 aliphatic rings. The quantitative estimate of drug-likeness (QED) is 0.688. The summed E-state index contributed by atoms with van der Waals surface area (Å²) in [5.41, 5.74) is 1.53. The summed E-state index contributed by atoms with van der Waals surface area (Å²) >= 11 is 0. The van der Waals surface area contributed by atoms with Crippen LogP contribution in [0.4, 0.5) is 8.78 Å². The summed E-state index contributed by atoms with van der Waals surface area (Å²) in [6.07, 6.45) is 5.50. The summed E-state index contributed by atoms with van der Waals surface area (Å²) in [6, 6.07) is 0. The van der Waals surface area contributed by atoms with Crippen molar-refractivity contribution in [2.45, 2.75) is 65.2 Å². The van der Waals surface area contributed by atoms with Gasteiger partial charge in [0.1, 0.15) is 6.29 Å². The van der Waals surface area contributed by atoms with Crippen molar-refractivity contribution in [3.8, 4) is 0 Å². The topological polar surface area (TPSA) is 17.1 Å². The lowest BCUT2D eigenvalue weighted by Gasteiger charge is -2.74. The van der Waals surface area contributed by atoms with E-state index in [1.54, 1.807) is 0 Å². The maximum atomic E-state index is 13.6. The highest BCUT2D eigenvalue weighted by molar-refractivity contribution is 5.76. The lowest BCUT2D eigenvalue weighted by molar-refractivity contribution is -0.295. The molecule has 0 unspecified atom stereocenters. The van der Waals surface area contributed by atoms with Gasteiger partial charge in [-0.25, -0.2) is 8.78 Å². The van der Waals surface area contributed by atoms with Crippen LogP contribution in [0.1, 0.15) is 59.3 Å². The molecule has 3 fully saturated rings. The van der Waals surface area contributed by atoms with Crippen LogP contribution in [0.5, 0.6) is 0 Å². The number of alkyl halides is 2. The summed E-state index contributed by atoms with van der Waals surface area (Å²) < 4.78 is 27.1. The van der Waals surface area contributed by atoms with Gasteiger partial charge in [0.05, 0.1) is 0 Å². The largest absolute Gasteiger partial charge is 0.298 e. The Bertz CT molecular complexity index is 448. The molecule has 0 atom stereocenters. The lowest BCUT2D eigenvalue weighted by Crippen LogP contribution is -2.69. The van der Waals surface area contributed by atoms with Crippen molar-refractivity contribution in [3.63, 3.8) is 0 Å². The van der Waals surface area contributed by atoms with Crippen LogP contribution in [0, 0.1) is 16.2 Å². The number of halogens is 2. The Morgan fingerprint density at radius 3 is 2.26 bits per heavy atom. The van der Waals surface area contributed by atoms with Crippen molar-refractivity contribution < 1.29 is 13.6 Å². The standard InChI is InChI=1S/C16H22F2O/c1-13(2)5-4-11(7-19)12(6-13)15-8-16(9-15,10-15)14(3,17)18/h7H,4-6,8-10H2,1-3H3. The van der Waals surface area contributed by atoms with Crippen LogP contribution in [0.15, 0.2) is 11.1 Å². The number of hydrogen-bond donors (Lipinski definition) is 0. The second kappa shape index (κ2) is 3.48. The normalized spacial score (nSPS) is 40.5. The van der Waals surface area contributed by atoms with Gasteiger partial charge in [0.25, 0.3) is 5.92 Å². The van der Waals surface area contributed by atoms with Crippen molar-refractivity contribution in [3.05, 3.63) is 11.1 Å². The first kappa shape index (κ1) is 13.3. The van der Waals surface area contributed by atoms with Crippen LogP contribution in [0.25, 0.3) is 0 Å². The third kappa shape index (κ3) is 1.66. The predicted molar refractivity (Wildman–Crippen MR) is 70.1 cm³/mol. The Morgan fingerprint density at radius 1 is 1.21 bits per heavy atom. The van der Waals surface area contributed by atoms with Crippen LogP contribution >= 0.6 is 0 Å². The summed E-state index contributed by atoms with van der Waals surface area (Å²) in [7, 11) is 0. The van der Waals surface area contributed by atoms with E-state index in [9.17, 15) is 13.6 Å². The van der Waals surface area contributed by atoms with Gasteiger partial charge in [0.15, 0.2) is 0 Å². The Balaban J connectivity index is 1.85. The molecule has 106 valence electrons.